The Morgan fingerprint density at radius 3 is 2.82 bits per heavy atom. The zero-order chi connectivity index (χ0) is 16.3. The maximum atomic E-state index is 13.7. The lowest BCUT2D eigenvalue weighted by molar-refractivity contribution is -0.0553. The number of aryl methyl sites for hydroxylation is 1. The van der Waals surface area contributed by atoms with E-state index in [1.54, 1.807) is 18.0 Å². The van der Waals surface area contributed by atoms with Crippen molar-refractivity contribution >= 4 is 28.8 Å². The Balaban J connectivity index is 2.13. The molecule has 0 N–H and O–H groups in total. The normalized spacial score (nSPS) is 17.3. The summed E-state index contributed by atoms with van der Waals surface area (Å²) in [6, 6.07) is 1.38. The van der Waals surface area contributed by atoms with E-state index in [-0.39, 0.29) is 5.82 Å². The van der Waals surface area contributed by atoms with E-state index in [9.17, 15) is 17.6 Å². The third kappa shape index (κ3) is 4.19. The van der Waals surface area contributed by atoms with E-state index in [2.05, 4.69) is 17.2 Å². The van der Waals surface area contributed by atoms with Crippen LogP contribution >= 0.6 is 24.0 Å². The van der Waals surface area contributed by atoms with Gasteiger partial charge >= 0.3 is 6.18 Å². The summed E-state index contributed by atoms with van der Waals surface area (Å²) in [4.78, 5) is 4.74. The quantitative estimate of drug-likeness (QED) is 0.461. The summed E-state index contributed by atoms with van der Waals surface area (Å²) in [5.74, 6) is 0.290. The predicted octanol–water partition coefficient (Wildman–Crippen LogP) is 4.11. The van der Waals surface area contributed by atoms with Gasteiger partial charge in [-0.1, -0.05) is 19.1 Å². The first-order valence-corrected chi connectivity index (χ1v) is 8.04. The topological polar surface area (TPSA) is 16.1 Å². The molecule has 0 aliphatic carbocycles. The van der Waals surface area contributed by atoms with Crippen molar-refractivity contribution in [1.82, 2.24) is 9.88 Å². The van der Waals surface area contributed by atoms with Crippen molar-refractivity contribution in [2.45, 2.75) is 26.1 Å². The molecule has 0 unspecified atom stereocenters. The van der Waals surface area contributed by atoms with Gasteiger partial charge in [0.1, 0.15) is 10.7 Å². The third-order valence-corrected chi connectivity index (χ3v) is 4.55. The fourth-order valence-electron chi connectivity index (χ4n) is 2.02. The molecule has 1 aromatic heterocycles. The minimum Gasteiger partial charge on any atom is -0.361 e. The van der Waals surface area contributed by atoms with Crippen LogP contribution in [-0.4, -0.2) is 33.2 Å². The molecule has 120 valence electrons. The predicted molar refractivity (Wildman–Crippen MR) is 83.2 cm³/mol. The Hall–Kier alpha value is -1.15. The van der Waals surface area contributed by atoms with E-state index in [0.29, 0.717) is 41.5 Å². The molecule has 1 aliphatic rings. The molecule has 0 aromatic carbocycles. The number of alkyl halides is 3. The van der Waals surface area contributed by atoms with E-state index in [0.717, 1.165) is 6.08 Å². The van der Waals surface area contributed by atoms with Crippen LogP contribution in [0.1, 0.15) is 18.2 Å². The first-order chi connectivity index (χ1) is 10.3. The maximum Gasteiger partial charge on any atom is 0.426 e. The summed E-state index contributed by atoms with van der Waals surface area (Å²) < 4.78 is 51.3. The van der Waals surface area contributed by atoms with Gasteiger partial charge in [0.05, 0.1) is 10.7 Å². The highest BCUT2D eigenvalue weighted by Gasteiger charge is 2.33. The molecule has 0 saturated carbocycles. The van der Waals surface area contributed by atoms with Crippen molar-refractivity contribution in [3.8, 4) is 0 Å². The van der Waals surface area contributed by atoms with E-state index in [1.807, 2.05) is 0 Å². The molecule has 0 bridgehead atoms. The molecule has 0 atom stereocenters. The van der Waals surface area contributed by atoms with Gasteiger partial charge in [0.25, 0.3) is 0 Å². The number of halogens is 4. The Kier molecular flexibility index (Phi) is 5.44. The van der Waals surface area contributed by atoms with Crippen molar-refractivity contribution in [3.63, 3.8) is 0 Å². The molecular weight excluding hydrogens is 336 g/mol. The van der Waals surface area contributed by atoms with Crippen molar-refractivity contribution in [1.29, 1.82) is 0 Å². The average molecular weight is 350 g/mol. The number of thioether (sulfide) groups is 1. The Bertz CT molecular complexity index is 599. The number of nitrogens with zero attached hydrogens (tertiary/aromatic N) is 2. The molecule has 1 aliphatic heterocycles. The molecule has 2 heterocycles. The van der Waals surface area contributed by atoms with Crippen molar-refractivity contribution in [2.75, 3.05) is 12.3 Å². The molecular formula is C14H14F4N2S2. The molecule has 1 aromatic rings. The van der Waals surface area contributed by atoms with Crippen LogP contribution in [0.25, 0.3) is 0 Å². The van der Waals surface area contributed by atoms with Crippen molar-refractivity contribution < 1.29 is 17.6 Å². The minimum atomic E-state index is -4.51. The summed E-state index contributed by atoms with van der Waals surface area (Å²) in [7, 11) is 0. The molecule has 2 nitrogen and oxygen atoms in total. The third-order valence-electron chi connectivity index (χ3n) is 3.14. The van der Waals surface area contributed by atoms with Crippen LogP contribution in [0.5, 0.6) is 0 Å². The standard InChI is InChI=1S/C14H14F4N2S2/c1-2-11-10(15)5-9(7-19-11)8-20-3-4-22-13(20)6-12(21)14(16,17)18/h5-7H,2-4,8H2,1H3/b13-6-. The summed E-state index contributed by atoms with van der Waals surface area (Å²) in [6.07, 6.45) is -1.48. The molecule has 1 fully saturated rings. The lowest BCUT2D eigenvalue weighted by atomic mass is 10.2. The van der Waals surface area contributed by atoms with Crippen LogP contribution in [0.2, 0.25) is 0 Å². The summed E-state index contributed by atoms with van der Waals surface area (Å²) in [5.41, 5.74) is 1.01. The highest BCUT2D eigenvalue weighted by molar-refractivity contribution is 8.03. The second kappa shape index (κ2) is 6.95. The van der Waals surface area contributed by atoms with Crippen molar-refractivity contribution in [3.05, 3.63) is 40.4 Å². The van der Waals surface area contributed by atoms with Gasteiger partial charge in [-0.15, -0.1) is 11.8 Å². The van der Waals surface area contributed by atoms with E-state index in [4.69, 9.17) is 0 Å². The Labute approximate surface area is 135 Å². The Morgan fingerprint density at radius 1 is 1.50 bits per heavy atom. The largest absolute Gasteiger partial charge is 0.426 e. The molecule has 0 amide bonds. The number of hydrogen-bond acceptors (Lipinski definition) is 4. The van der Waals surface area contributed by atoms with Crippen LogP contribution in [0.4, 0.5) is 17.6 Å². The number of hydrogen-bond donors (Lipinski definition) is 0. The highest BCUT2D eigenvalue weighted by atomic mass is 32.2. The van der Waals surface area contributed by atoms with Gasteiger partial charge < -0.3 is 4.90 Å². The van der Waals surface area contributed by atoms with Crippen LogP contribution < -0.4 is 0 Å². The first-order valence-electron chi connectivity index (χ1n) is 6.65. The van der Waals surface area contributed by atoms with Gasteiger partial charge in [-0.05, 0) is 24.1 Å². The van der Waals surface area contributed by atoms with Crippen LogP contribution in [-0.2, 0) is 13.0 Å². The number of aromatic nitrogens is 1. The number of pyridine rings is 1. The molecule has 0 radical (unpaired) electrons. The second-order valence-electron chi connectivity index (χ2n) is 4.74. The fraction of sp³-hybridized carbons (Fsp3) is 0.429. The molecule has 1 saturated heterocycles. The number of rotatable bonds is 4. The minimum absolute atomic E-state index is 0.313. The summed E-state index contributed by atoms with van der Waals surface area (Å²) in [5, 5.41) is 0.460. The van der Waals surface area contributed by atoms with Crippen LogP contribution in [0, 0.1) is 5.82 Å². The molecule has 8 heteroatoms. The summed E-state index contributed by atoms with van der Waals surface area (Å²) >= 11 is 5.70. The van der Waals surface area contributed by atoms with Gasteiger partial charge in [-0.25, -0.2) is 4.39 Å². The average Bonchev–Trinajstić information content (AvgIpc) is 2.85. The number of allylic oxidation sites excluding steroid dienone is 1. The monoisotopic (exact) mass is 350 g/mol. The van der Waals surface area contributed by atoms with Gasteiger partial charge in [-0.2, -0.15) is 13.2 Å². The van der Waals surface area contributed by atoms with Crippen molar-refractivity contribution in [2.24, 2.45) is 0 Å². The highest BCUT2D eigenvalue weighted by Crippen LogP contribution is 2.31. The number of thiocarbonyl (C=S) groups is 1. The summed E-state index contributed by atoms with van der Waals surface area (Å²) in [6.45, 7) is 2.71. The first kappa shape index (κ1) is 17.2. The molecule has 0 spiro atoms. The zero-order valence-corrected chi connectivity index (χ0v) is 13.4. The molecule has 22 heavy (non-hydrogen) atoms. The van der Waals surface area contributed by atoms with Crippen LogP contribution in [0.3, 0.4) is 0 Å². The second-order valence-corrected chi connectivity index (χ2v) is 6.30. The van der Waals surface area contributed by atoms with Gasteiger partial charge in [0, 0.05) is 25.0 Å². The van der Waals surface area contributed by atoms with Gasteiger partial charge in [-0.3, -0.25) is 4.98 Å². The Morgan fingerprint density at radius 2 is 2.23 bits per heavy atom. The van der Waals surface area contributed by atoms with Crippen LogP contribution in [0.15, 0.2) is 23.4 Å². The molecule has 2 rings (SSSR count). The lowest BCUT2D eigenvalue weighted by Gasteiger charge is -2.19. The fourth-order valence-corrected chi connectivity index (χ4v) is 3.27. The SMILES string of the molecule is CCc1ncc(CN2CCS/C2=C\C(=S)C(F)(F)F)cc1F. The van der Waals surface area contributed by atoms with E-state index < -0.39 is 11.0 Å². The smallest absolute Gasteiger partial charge is 0.361 e. The van der Waals surface area contributed by atoms with Gasteiger partial charge in [0.2, 0.25) is 0 Å². The lowest BCUT2D eigenvalue weighted by Crippen LogP contribution is -2.22. The van der Waals surface area contributed by atoms with E-state index >= 15 is 0 Å². The van der Waals surface area contributed by atoms with Gasteiger partial charge in [0.15, 0.2) is 0 Å². The maximum absolute atomic E-state index is 13.7. The van der Waals surface area contributed by atoms with E-state index in [1.165, 1.54) is 17.8 Å². The zero-order valence-electron chi connectivity index (χ0n) is 11.8.